The van der Waals surface area contributed by atoms with Gasteiger partial charge in [0.2, 0.25) is 0 Å². The summed E-state index contributed by atoms with van der Waals surface area (Å²) < 4.78 is 12.0. The minimum Gasteiger partial charge on any atom is -0.506 e. The van der Waals surface area contributed by atoms with Gasteiger partial charge >= 0.3 is 0 Å². The first kappa shape index (κ1) is 20.9. The maximum atomic E-state index is 12.3. The summed E-state index contributed by atoms with van der Waals surface area (Å²) in [5, 5.41) is 10.4. The lowest BCUT2D eigenvalue weighted by Gasteiger charge is -2.13. The molecule has 0 spiro atoms. The standard InChI is InChI=1S/C23H22BrNO4/c1-15(2)11-20(26)19-8-9-21(22(24)23(19)27)28-14-16-5-3-6-17(12-16)29-18-7-4-10-25-13-18/h3-10,12-13,15,27H,11,14H2,1-2H3. The number of rotatable bonds is 8. The molecule has 1 heterocycles. The van der Waals surface area contributed by atoms with Crippen molar-refractivity contribution in [1.29, 1.82) is 0 Å². The van der Waals surface area contributed by atoms with Crippen molar-refractivity contribution < 1.29 is 19.4 Å². The third-order valence-corrected chi connectivity index (χ3v) is 4.90. The Bertz CT molecular complexity index is 989. The van der Waals surface area contributed by atoms with Crippen LogP contribution in [0, 0.1) is 5.92 Å². The van der Waals surface area contributed by atoms with E-state index in [1.807, 2.05) is 50.2 Å². The lowest BCUT2D eigenvalue weighted by atomic mass is 10.0. The summed E-state index contributed by atoms with van der Waals surface area (Å²) >= 11 is 3.34. The summed E-state index contributed by atoms with van der Waals surface area (Å²) in [6.45, 7) is 4.21. The number of pyridine rings is 1. The first-order valence-corrected chi connectivity index (χ1v) is 10.1. The van der Waals surface area contributed by atoms with Crippen LogP contribution >= 0.6 is 15.9 Å². The lowest BCUT2D eigenvalue weighted by molar-refractivity contribution is 0.0965. The lowest BCUT2D eigenvalue weighted by Crippen LogP contribution is -2.05. The molecule has 150 valence electrons. The third kappa shape index (κ3) is 5.57. The van der Waals surface area contributed by atoms with Crippen LogP contribution in [-0.2, 0) is 6.61 Å². The van der Waals surface area contributed by atoms with Crippen molar-refractivity contribution in [3.63, 3.8) is 0 Å². The Labute approximate surface area is 178 Å². The second-order valence-corrected chi connectivity index (χ2v) is 7.81. The van der Waals surface area contributed by atoms with Crippen LogP contribution in [0.5, 0.6) is 23.0 Å². The fourth-order valence-corrected chi connectivity index (χ4v) is 3.23. The van der Waals surface area contributed by atoms with Crippen LogP contribution in [0.4, 0.5) is 0 Å². The predicted molar refractivity (Wildman–Crippen MR) is 115 cm³/mol. The van der Waals surface area contributed by atoms with Crippen LogP contribution in [0.15, 0.2) is 65.4 Å². The number of halogens is 1. The monoisotopic (exact) mass is 455 g/mol. The molecule has 0 atom stereocenters. The Morgan fingerprint density at radius 3 is 2.66 bits per heavy atom. The molecule has 0 bridgehead atoms. The zero-order valence-corrected chi connectivity index (χ0v) is 17.8. The van der Waals surface area contributed by atoms with E-state index in [0.29, 0.717) is 33.7 Å². The van der Waals surface area contributed by atoms with E-state index in [9.17, 15) is 9.90 Å². The molecule has 0 aliphatic heterocycles. The molecule has 6 heteroatoms. The normalized spacial score (nSPS) is 10.8. The number of ketones is 1. The Balaban J connectivity index is 1.69. The van der Waals surface area contributed by atoms with E-state index < -0.39 is 0 Å². The van der Waals surface area contributed by atoms with Crippen LogP contribution < -0.4 is 9.47 Å². The van der Waals surface area contributed by atoms with E-state index >= 15 is 0 Å². The molecule has 0 saturated heterocycles. The summed E-state index contributed by atoms with van der Waals surface area (Å²) in [6, 6.07) is 14.5. The van der Waals surface area contributed by atoms with Crippen molar-refractivity contribution in [2.24, 2.45) is 5.92 Å². The van der Waals surface area contributed by atoms with Crippen LogP contribution in [0.2, 0.25) is 0 Å². The first-order valence-electron chi connectivity index (χ1n) is 9.28. The highest BCUT2D eigenvalue weighted by molar-refractivity contribution is 9.10. The molecule has 29 heavy (non-hydrogen) atoms. The molecule has 3 rings (SSSR count). The molecule has 0 fully saturated rings. The molecule has 5 nitrogen and oxygen atoms in total. The van der Waals surface area contributed by atoms with Crippen molar-refractivity contribution >= 4 is 21.7 Å². The van der Waals surface area contributed by atoms with Gasteiger partial charge in [-0.1, -0.05) is 26.0 Å². The first-order chi connectivity index (χ1) is 13.9. The van der Waals surface area contributed by atoms with Crippen LogP contribution in [0.3, 0.4) is 0 Å². The number of Topliss-reactive ketones (excluding diaryl/α,β-unsaturated/α-hetero) is 1. The summed E-state index contributed by atoms with van der Waals surface area (Å²) in [5.74, 6) is 1.82. The van der Waals surface area contributed by atoms with Gasteiger partial charge in [0.1, 0.15) is 34.1 Å². The Hall–Kier alpha value is -2.86. The minimum absolute atomic E-state index is 0.0926. The van der Waals surface area contributed by atoms with E-state index in [2.05, 4.69) is 20.9 Å². The predicted octanol–water partition coefficient (Wildman–Crippen LogP) is 6.15. The maximum absolute atomic E-state index is 12.3. The minimum atomic E-state index is -0.0955. The number of nitrogens with zero attached hydrogens (tertiary/aromatic N) is 1. The van der Waals surface area contributed by atoms with Crippen molar-refractivity contribution in [3.8, 4) is 23.0 Å². The Kier molecular flexibility index (Phi) is 6.88. The van der Waals surface area contributed by atoms with Crippen LogP contribution in [0.25, 0.3) is 0 Å². The smallest absolute Gasteiger partial charge is 0.166 e. The number of aromatic hydroxyl groups is 1. The fraction of sp³-hybridized carbons (Fsp3) is 0.217. The molecule has 0 amide bonds. The van der Waals surface area contributed by atoms with Gasteiger partial charge in [0, 0.05) is 12.6 Å². The molecular weight excluding hydrogens is 434 g/mol. The number of phenols is 1. The Morgan fingerprint density at radius 2 is 1.93 bits per heavy atom. The number of benzene rings is 2. The number of carbonyl (C=O) groups is 1. The van der Waals surface area contributed by atoms with E-state index in [0.717, 1.165) is 5.56 Å². The van der Waals surface area contributed by atoms with Gasteiger partial charge in [-0.2, -0.15) is 0 Å². The fourth-order valence-electron chi connectivity index (χ4n) is 2.77. The van der Waals surface area contributed by atoms with Crippen molar-refractivity contribution in [2.45, 2.75) is 26.9 Å². The van der Waals surface area contributed by atoms with Crippen LogP contribution in [-0.4, -0.2) is 15.9 Å². The SMILES string of the molecule is CC(C)CC(=O)c1ccc(OCc2cccc(Oc3cccnc3)c2)c(Br)c1O. The number of ether oxygens (including phenoxy) is 2. The summed E-state index contributed by atoms with van der Waals surface area (Å²) in [6.07, 6.45) is 3.71. The van der Waals surface area contributed by atoms with E-state index in [4.69, 9.17) is 9.47 Å². The maximum Gasteiger partial charge on any atom is 0.166 e. The van der Waals surface area contributed by atoms with Crippen molar-refractivity contribution in [3.05, 3.63) is 76.5 Å². The topological polar surface area (TPSA) is 68.7 Å². The van der Waals surface area contributed by atoms with Crippen LogP contribution in [0.1, 0.15) is 36.2 Å². The molecule has 0 radical (unpaired) electrons. The third-order valence-electron chi connectivity index (χ3n) is 4.14. The molecule has 0 aliphatic carbocycles. The average molecular weight is 456 g/mol. The molecule has 0 saturated carbocycles. The molecule has 1 aromatic heterocycles. The molecule has 2 aromatic carbocycles. The van der Waals surface area contributed by atoms with Crippen molar-refractivity contribution in [1.82, 2.24) is 4.98 Å². The highest BCUT2D eigenvalue weighted by Gasteiger charge is 2.18. The summed E-state index contributed by atoms with van der Waals surface area (Å²) in [4.78, 5) is 16.3. The van der Waals surface area contributed by atoms with E-state index in [1.54, 1.807) is 24.5 Å². The number of hydrogen-bond acceptors (Lipinski definition) is 5. The highest BCUT2D eigenvalue weighted by atomic mass is 79.9. The largest absolute Gasteiger partial charge is 0.506 e. The zero-order chi connectivity index (χ0) is 20.8. The Morgan fingerprint density at radius 1 is 1.14 bits per heavy atom. The van der Waals surface area contributed by atoms with Gasteiger partial charge in [-0.25, -0.2) is 0 Å². The summed E-state index contributed by atoms with van der Waals surface area (Å²) in [7, 11) is 0. The quantitative estimate of drug-likeness (QED) is 0.412. The summed E-state index contributed by atoms with van der Waals surface area (Å²) in [5.41, 5.74) is 1.20. The number of carbonyl (C=O) groups excluding carboxylic acids is 1. The van der Waals surface area contributed by atoms with E-state index in [1.165, 1.54) is 0 Å². The van der Waals surface area contributed by atoms with Gasteiger partial charge < -0.3 is 14.6 Å². The van der Waals surface area contributed by atoms with E-state index in [-0.39, 0.29) is 24.1 Å². The number of aromatic nitrogens is 1. The molecule has 0 unspecified atom stereocenters. The molecule has 3 aromatic rings. The van der Waals surface area contributed by atoms with Gasteiger partial charge in [-0.15, -0.1) is 0 Å². The van der Waals surface area contributed by atoms with Gasteiger partial charge in [-0.3, -0.25) is 9.78 Å². The van der Waals surface area contributed by atoms with Gasteiger partial charge in [0.25, 0.3) is 0 Å². The zero-order valence-electron chi connectivity index (χ0n) is 16.3. The second-order valence-electron chi connectivity index (χ2n) is 7.02. The van der Waals surface area contributed by atoms with Gasteiger partial charge in [0.05, 0.1) is 11.8 Å². The number of hydrogen-bond donors (Lipinski definition) is 1. The number of phenolic OH excluding ortho intramolecular Hbond substituents is 1. The molecule has 0 aliphatic rings. The molecular formula is C23H22BrNO4. The highest BCUT2D eigenvalue weighted by Crippen LogP contribution is 2.37. The second kappa shape index (κ2) is 9.56. The van der Waals surface area contributed by atoms with Gasteiger partial charge in [0.15, 0.2) is 5.78 Å². The van der Waals surface area contributed by atoms with Gasteiger partial charge in [-0.05, 0) is 63.8 Å². The van der Waals surface area contributed by atoms with Crippen molar-refractivity contribution in [2.75, 3.05) is 0 Å². The average Bonchev–Trinajstić information content (AvgIpc) is 2.69. The molecule has 1 N–H and O–H groups in total.